The van der Waals surface area contributed by atoms with Gasteiger partial charge in [0.15, 0.2) is 0 Å². The second kappa shape index (κ2) is 6.47. The number of carbonyl (C=O) groups is 1. The molecule has 0 aromatic carbocycles. The lowest BCUT2D eigenvalue weighted by atomic mass is 10.2. The van der Waals surface area contributed by atoms with Crippen molar-refractivity contribution < 1.29 is 18.3 Å². The second-order valence-electron chi connectivity index (χ2n) is 4.76. The van der Waals surface area contributed by atoms with Gasteiger partial charge in [-0.2, -0.15) is 4.31 Å². The first-order valence-electron chi connectivity index (χ1n) is 6.10. The predicted molar refractivity (Wildman–Crippen MR) is 72.0 cm³/mol. The Morgan fingerprint density at radius 2 is 1.84 bits per heavy atom. The van der Waals surface area contributed by atoms with Gasteiger partial charge in [0.2, 0.25) is 10.0 Å². The van der Waals surface area contributed by atoms with Gasteiger partial charge in [0, 0.05) is 38.1 Å². The molecule has 0 aromatic heterocycles. The zero-order valence-corrected chi connectivity index (χ0v) is 12.1. The molecule has 19 heavy (non-hydrogen) atoms. The molecular weight excluding hydrogens is 270 g/mol. The highest BCUT2D eigenvalue weighted by atomic mass is 32.2. The molecule has 1 rings (SSSR count). The lowest BCUT2D eigenvalue weighted by Crippen LogP contribution is -2.55. The van der Waals surface area contributed by atoms with Crippen molar-refractivity contribution in [2.45, 2.75) is 19.9 Å². The van der Waals surface area contributed by atoms with Crippen molar-refractivity contribution >= 4 is 16.0 Å². The maximum Gasteiger partial charge on any atom is 0.322 e. The fourth-order valence-corrected chi connectivity index (χ4v) is 3.47. The minimum absolute atomic E-state index is 0.0239. The molecule has 3 N–H and O–H groups in total. The monoisotopic (exact) mass is 291 g/mol. The van der Waals surface area contributed by atoms with E-state index in [1.165, 1.54) is 9.71 Å². The van der Waals surface area contributed by atoms with Crippen LogP contribution in [0.15, 0.2) is 11.0 Å². The van der Waals surface area contributed by atoms with Gasteiger partial charge in [0.1, 0.15) is 6.04 Å². The van der Waals surface area contributed by atoms with Gasteiger partial charge in [-0.05, 0) is 13.8 Å². The number of nitrogens with two attached hydrogens (primary N) is 1. The van der Waals surface area contributed by atoms with Gasteiger partial charge >= 0.3 is 5.97 Å². The lowest BCUT2D eigenvalue weighted by molar-refractivity contribution is -0.143. The first kappa shape index (κ1) is 16.1. The Kier molecular flexibility index (Phi) is 5.48. The van der Waals surface area contributed by atoms with Crippen molar-refractivity contribution in [2.75, 3.05) is 32.7 Å². The summed E-state index contributed by atoms with van der Waals surface area (Å²) in [5.41, 5.74) is 6.14. The van der Waals surface area contributed by atoms with Crippen molar-refractivity contribution in [2.24, 2.45) is 5.73 Å². The van der Waals surface area contributed by atoms with E-state index in [2.05, 4.69) is 0 Å². The SMILES string of the molecule is CC(C)=CS(=O)(=O)N1CCN(C(CN)C(=O)O)CC1. The Morgan fingerprint density at radius 1 is 1.32 bits per heavy atom. The third-order valence-corrected chi connectivity index (χ3v) is 4.82. The molecule has 1 unspecified atom stereocenters. The third-order valence-electron chi connectivity index (χ3n) is 2.97. The summed E-state index contributed by atoms with van der Waals surface area (Å²) in [4.78, 5) is 12.7. The Balaban J connectivity index is 2.68. The molecule has 110 valence electrons. The summed E-state index contributed by atoms with van der Waals surface area (Å²) in [6.07, 6.45) is 0. The molecule has 7 nitrogen and oxygen atoms in total. The van der Waals surface area contributed by atoms with E-state index in [4.69, 9.17) is 10.8 Å². The van der Waals surface area contributed by atoms with Crippen molar-refractivity contribution in [3.8, 4) is 0 Å². The zero-order chi connectivity index (χ0) is 14.6. The predicted octanol–water partition coefficient (Wildman–Crippen LogP) is -0.731. The number of carboxylic acids is 1. The molecule has 0 saturated carbocycles. The summed E-state index contributed by atoms with van der Waals surface area (Å²) in [5.74, 6) is -0.969. The van der Waals surface area contributed by atoms with Crippen LogP contribution in [0.4, 0.5) is 0 Å². The molecule has 0 spiro atoms. The van der Waals surface area contributed by atoms with Crippen LogP contribution in [-0.4, -0.2) is 67.5 Å². The number of allylic oxidation sites excluding steroid dienone is 1. The average Bonchev–Trinajstić information content (AvgIpc) is 2.28. The van der Waals surface area contributed by atoms with Gasteiger partial charge in [0.25, 0.3) is 0 Å². The largest absolute Gasteiger partial charge is 0.480 e. The van der Waals surface area contributed by atoms with E-state index in [9.17, 15) is 13.2 Å². The van der Waals surface area contributed by atoms with E-state index in [1.54, 1.807) is 18.7 Å². The van der Waals surface area contributed by atoms with E-state index in [0.717, 1.165) is 0 Å². The normalized spacial score (nSPS) is 19.9. The van der Waals surface area contributed by atoms with Gasteiger partial charge in [-0.15, -0.1) is 0 Å². The van der Waals surface area contributed by atoms with Crippen LogP contribution in [0.1, 0.15) is 13.8 Å². The summed E-state index contributed by atoms with van der Waals surface area (Å²) >= 11 is 0. The van der Waals surface area contributed by atoms with Crippen LogP contribution in [0.3, 0.4) is 0 Å². The minimum Gasteiger partial charge on any atom is -0.480 e. The standard InChI is InChI=1S/C11H21N3O4S/c1-9(2)8-19(17,18)14-5-3-13(4-6-14)10(7-12)11(15)16/h8,10H,3-7,12H2,1-2H3,(H,15,16). The van der Waals surface area contributed by atoms with Crippen LogP contribution in [-0.2, 0) is 14.8 Å². The molecule has 1 aliphatic heterocycles. The Bertz CT molecular complexity index is 449. The number of hydrogen-bond acceptors (Lipinski definition) is 5. The van der Waals surface area contributed by atoms with Crippen LogP contribution >= 0.6 is 0 Å². The van der Waals surface area contributed by atoms with E-state index >= 15 is 0 Å². The van der Waals surface area contributed by atoms with Crippen molar-refractivity contribution in [1.29, 1.82) is 0 Å². The maximum absolute atomic E-state index is 12.0. The van der Waals surface area contributed by atoms with Gasteiger partial charge in [-0.3, -0.25) is 9.69 Å². The van der Waals surface area contributed by atoms with Crippen LogP contribution in [0.25, 0.3) is 0 Å². The molecule has 1 fully saturated rings. The molecular formula is C11H21N3O4S. The maximum atomic E-state index is 12.0. The highest BCUT2D eigenvalue weighted by molar-refractivity contribution is 7.92. The second-order valence-corrected chi connectivity index (χ2v) is 6.55. The van der Waals surface area contributed by atoms with Crippen molar-refractivity contribution in [3.63, 3.8) is 0 Å². The number of piperazine rings is 1. The molecule has 8 heteroatoms. The van der Waals surface area contributed by atoms with Gasteiger partial charge in [-0.25, -0.2) is 8.42 Å². The average molecular weight is 291 g/mol. The summed E-state index contributed by atoms with van der Waals surface area (Å²) in [7, 11) is -3.39. The highest BCUT2D eigenvalue weighted by Crippen LogP contribution is 2.12. The van der Waals surface area contributed by atoms with Crippen LogP contribution in [0.2, 0.25) is 0 Å². The fourth-order valence-electron chi connectivity index (χ4n) is 2.05. The summed E-state index contributed by atoms with van der Waals surface area (Å²) in [6.45, 7) is 4.81. The summed E-state index contributed by atoms with van der Waals surface area (Å²) in [6, 6.07) is -0.742. The first-order valence-corrected chi connectivity index (χ1v) is 7.60. The van der Waals surface area contributed by atoms with Crippen LogP contribution in [0.5, 0.6) is 0 Å². The lowest BCUT2D eigenvalue weighted by Gasteiger charge is -2.36. The van der Waals surface area contributed by atoms with Gasteiger partial charge in [0.05, 0.1) is 0 Å². The summed E-state index contributed by atoms with van der Waals surface area (Å²) in [5, 5.41) is 10.2. The minimum atomic E-state index is -3.39. The molecule has 0 aliphatic carbocycles. The molecule has 1 aliphatic rings. The van der Waals surface area contributed by atoms with E-state index in [1.807, 2.05) is 0 Å². The van der Waals surface area contributed by atoms with Gasteiger partial charge < -0.3 is 10.8 Å². The number of carboxylic acid groups (broad SMARTS) is 1. The number of aliphatic carboxylic acids is 1. The summed E-state index contributed by atoms with van der Waals surface area (Å²) < 4.78 is 25.3. The first-order chi connectivity index (χ1) is 8.77. The fraction of sp³-hybridized carbons (Fsp3) is 0.727. The molecule has 0 amide bonds. The Morgan fingerprint density at radius 3 is 2.21 bits per heavy atom. The quantitative estimate of drug-likeness (QED) is 0.692. The van der Waals surface area contributed by atoms with Crippen LogP contribution < -0.4 is 5.73 Å². The number of sulfonamides is 1. The Hall–Kier alpha value is -0.960. The third kappa shape index (κ3) is 4.27. The van der Waals surface area contributed by atoms with E-state index in [-0.39, 0.29) is 19.6 Å². The number of nitrogens with zero attached hydrogens (tertiary/aromatic N) is 2. The molecule has 1 saturated heterocycles. The van der Waals surface area contributed by atoms with E-state index in [0.29, 0.717) is 18.7 Å². The van der Waals surface area contributed by atoms with Gasteiger partial charge in [-0.1, -0.05) is 5.57 Å². The van der Waals surface area contributed by atoms with Crippen LogP contribution in [0, 0.1) is 0 Å². The molecule has 0 aromatic rings. The number of hydrogen-bond donors (Lipinski definition) is 2. The number of rotatable bonds is 5. The molecule has 1 heterocycles. The van der Waals surface area contributed by atoms with E-state index < -0.39 is 22.0 Å². The molecule has 1 atom stereocenters. The van der Waals surface area contributed by atoms with Crippen molar-refractivity contribution in [3.05, 3.63) is 11.0 Å². The topological polar surface area (TPSA) is 104 Å². The zero-order valence-electron chi connectivity index (χ0n) is 11.2. The molecule has 0 bridgehead atoms. The van der Waals surface area contributed by atoms with Crippen molar-refractivity contribution in [1.82, 2.24) is 9.21 Å². The molecule has 0 radical (unpaired) electrons. The highest BCUT2D eigenvalue weighted by Gasteiger charge is 2.31. The Labute approximate surface area is 113 Å². The smallest absolute Gasteiger partial charge is 0.322 e.